The molecule has 2 aromatic heterocycles. The standard InChI is InChI=1S/C22H20FN3O2/c1-12-11-28-21-7-4-15(8-17(12)21)20-10-22(26-14(3)25-20)24-13(2)18-9-16(27)5-6-19(18)23/h4-11,13,27H,1-3H3,(H,24,25,26). The molecule has 0 fully saturated rings. The molecule has 4 rings (SSSR count). The largest absolute Gasteiger partial charge is 0.508 e. The van der Waals surface area contributed by atoms with Crippen molar-refractivity contribution in [3.63, 3.8) is 0 Å². The first-order valence-corrected chi connectivity index (χ1v) is 8.99. The minimum atomic E-state index is -0.385. The fraction of sp³-hybridized carbons (Fsp3) is 0.182. The number of rotatable bonds is 4. The number of halogens is 1. The van der Waals surface area contributed by atoms with Crippen LogP contribution in [0.15, 0.2) is 53.1 Å². The lowest BCUT2D eigenvalue weighted by Gasteiger charge is -2.17. The van der Waals surface area contributed by atoms with Crippen molar-refractivity contribution < 1.29 is 13.9 Å². The normalized spacial score (nSPS) is 12.3. The van der Waals surface area contributed by atoms with Gasteiger partial charge in [0.15, 0.2) is 0 Å². The predicted molar refractivity (Wildman–Crippen MR) is 107 cm³/mol. The SMILES string of the molecule is Cc1nc(NC(C)c2cc(O)ccc2F)cc(-c2ccc3occ(C)c3c2)n1. The highest BCUT2D eigenvalue weighted by atomic mass is 19.1. The topological polar surface area (TPSA) is 71.2 Å². The Morgan fingerprint density at radius 2 is 1.89 bits per heavy atom. The van der Waals surface area contributed by atoms with Crippen LogP contribution in [0, 0.1) is 19.7 Å². The van der Waals surface area contributed by atoms with E-state index in [1.165, 1.54) is 18.2 Å². The number of hydrogen-bond acceptors (Lipinski definition) is 5. The summed E-state index contributed by atoms with van der Waals surface area (Å²) in [6, 6.07) is 11.4. The van der Waals surface area contributed by atoms with Gasteiger partial charge in [-0.1, -0.05) is 0 Å². The van der Waals surface area contributed by atoms with Crippen molar-refractivity contribution in [2.45, 2.75) is 26.8 Å². The van der Waals surface area contributed by atoms with Crippen molar-refractivity contribution in [1.82, 2.24) is 9.97 Å². The zero-order valence-electron chi connectivity index (χ0n) is 15.8. The first kappa shape index (κ1) is 18.0. The molecule has 0 spiro atoms. The number of anilines is 1. The molecule has 0 amide bonds. The molecule has 0 saturated heterocycles. The molecule has 5 nitrogen and oxygen atoms in total. The molecular weight excluding hydrogens is 357 g/mol. The van der Waals surface area contributed by atoms with Crippen LogP contribution in [0.3, 0.4) is 0 Å². The van der Waals surface area contributed by atoms with Crippen LogP contribution in [0.1, 0.15) is 29.9 Å². The molecule has 0 bridgehead atoms. The average Bonchev–Trinajstić information content (AvgIpc) is 3.03. The maximum Gasteiger partial charge on any atom is 0.134 e. The zero-order chi connectivity index (χ0) is 19.8. The molecule has 0 radical (unpaired) electrons. The van der Waals surface area contributed by atoms with Gasteiger partial charge in [-0.25, -0.2) is 14.4 Å². The van der Waals surface area contributed by atoms with E-state index in [2.05, 4.69) is 15.3 Å². The quantitative estimate of drug-likeness (QED) is 0.490. The van der Waals surface area contributed by atoms with Gasteiger partial charge in [0.1, 0.15) is 28.8 Å². The Bertz CT molecular complexity index is 1170. The highest BCUT2D eigenvalue weighted by Crippen LogP contribution is 2.29. The molecule has 0 saturated carbocycles. The summed E-state index contributed by atoms with van der Waals surface area (Å²) in [6.45, 7) is 5.63. The van der Waals surface area contributed by atoms with E-state index in [0.717, 1.165) is 27.8 Å². The fourth-order valence-corrected chi connectivity index (χ4v) is 3.27. The number of nitrogens with zero attached hydrogens (tertiary/aromatic N) is 2. The van der Waals surface area contributed by atoms with Gasteiger partial charge in [-0.2, -0.15) is 0 Å². The Kier molecular flexibility index (Phi) is 4.47. The van der Waals surface area contributed by atoms with E-state index in [0.29, 0.717) is 17.2 Å². The number of benzene rings is 2. The number of hydrogen-bond donors (Lipinski definition) is 2. The Labute approximate surface area is 161 Å². The Balaban J connectivity index is 1.68. The molecule has 4 aromatic rings. The molecular formula is C22H20FN3O2. The summed E-state index contributed by atoms with van der Waals surface area (Å²) in [4.78, 5) is 8.96. The Morgan fingerprint density at radius 1 is 1.07 bits per heavy atom. The maximum absolute atomic E-state index is 14.1. The summed E-state index contributed by atoms with van der Waals surface area (Å²) in [7, 11) is 0. The van der Waals surface area contributed by atoms with Gasteiger partial charge >= 0.3 is 0 Å². The second-order valence-electron chi connectivity index (χ2n) is 6.89. The maximum atomic E-state index is 14.1. The Morgan fingerprint density at radius 3 is 2.71 bits per heavy atom. The number of aromatic nitrogens is 2. The summed E-state index contributed by atoms with van der Waals surface area (Å²) in [6.07, 6.45) is 1.73. The van der Waals surface area contributed by atoms with Crippen molar-refractivity contribution in [1.29, 1.82) is 0 Å². The van der Waals surface area contributed by atoms with Crippen LogP contribution in [0.25, 0.3) is 22.2 Å². The number of furan rings is 1. The highest BCUT2D eigenvalue weighted by Gasteiger charge is 2.14. The second kappa shape index (κ2) is 6.96. The van der Waals surface area contributed by atoms with Gasteiger partial charge in [0, 0.05) is 22.6 Å². The molecule has 1 atom stereocenters. The molecule has 6 heteroatoms. The van der Waals surface area contributed by atoms with E-state index in [9.17, 15) is 9.50 Å². The van der Waals surface area contributed by atoms with Crippen molar-refractivity contribution in [2.75, 3.05) is 5.32 Å². The van der Waals surface area contributed by atoms with Crippen LogP contribution in [-0.2, 0) is 0 Å². The van der Waals surface area contributed by atoms with E-state index >= 15 is 0 Å². The molecule has 1 unspecified atom stereocenters. The third kappa shape index (κ3) is 3.41. The molecule has 2 N–H and O–H groups in total. The van der Waals surface area contributed by atoms with Crippen LogP contribution < -0.4 is 5.32 Å². The van der Waals surface area contributed by atoms with Crippen molar-refractivity contribution in [3.8, 4) is 17.0 Å². The molecule has 0 aliphatic rings. The van der Waals surface area contributed by atoms with E-state index < -0.39 is 0 Å². The van der Waals surface area contributed by atoms with Crippen LogP contribution in [0.4, 0.5) is 10.2 Å². The smallest absolute Gasteiger partial charge is 0.134 e. The van der Waals surface area contributed by atoms with E-state index in [1.54, 1.807) is 6.26 Å². The lowest BCUT2D eigenvalue weighted by molar-refractivity contribution is 0.470. The molecule has 0 aliphatic carbocycles. The first-order chi connectivity index (χ1) is 13.4. The van der Waals surface area contributed by atoms with Gasteiger partial charge < -0.3 is 14.8 Å². The minimum Gasteiger partial charge on any atom is -0.508 e. The Hall–Kier alpha value is -3.41. The summed E-state index contributed by atoms with van der Waals surface area (Å²) < 4.78 is 19.6. The molecule has 28 heavy (non-hydrogen) atoms. The highest BCUT2D eigenvalue weighted by molar-refractivity contribution is 5.85. The summed E-state index contributed by atoms with van der Waals surface area (Å²) in [5, 5.41) is 13.9. The molecule has 0 aliphatic heterocycles. The van der Waals surface area contributed by atoms with Gasteiger partial charge in [0.05, 0.1) is 18.0 Å². The van der Waals surface area contributed by atoms with Gasteiger partial charge in [-0.3, -0.25) is 0 Å². The third-order valence-electron chi connectivity index (χ3n) is 4.71. The number of aryl methyl sites for hydroxylation is 2. The number of phenolic OH excluding ortho intramolecular Hbond substituents is 1. The van der Waals surface area contributed by atoms with Gasteiger partial charge in [0.25, 0.3) is 0 Å². The summed E-state index contributed by atoms with van der Waals surface area (Å²) >= 11 is 0. The lowest BCUT2D eigenvalue weighted by Crippen LogP contribution is -2.10. The fourth-order valence-electron chi connectivity index (χ4n) is 3.27. The zero-order valence-corrected chi connectivity index (χ0v) is 15.8. The lowest BCUT2D eigenvalue weighted by atomic mass is 10.1. The van der Waals surface area contributed by atoms with Gasteiger partial charge in [0.2, 0.25) is 0 Å². The number of aromatic hydroxyl groups is 1. The molecule has 2 aromatic carbocycles. The van der Waals surface area contributed by atoms with E-state index in [1.807, 2.05) is 45.0 Å². The minimum absolute atomic E-state index is 0.0217. The summed E-state index contributed by atoms with van der Waals surface area (Å²) in [5.41, 5.74) is 3.98. The van der Waals surface area contributed by atoms with Crippen molar-refractivity contribution >= 4 is 16.8 Å². The number of phenols is 1. The van der Waals surface area contributed by atoms with Gasteiger partial charge in [-0.05, 0) is 62.7 Å². The summed E-state index contributed by atoms with van der Waals surface area (Å²) in [5.74, 6) is 0.826. The first-order valence-electron chi connectivity index (χ1n) is 8.99. The molecule has 2 heterocycles. The van der Waals surface area contributed by atoms with Crippen LogP contribution in [0.2, 0.25) is 0 Å². The van der Waals surface area contributed by atoms with E-state index in [4.69, 9.17) is 4.42 Å². The average molecular weight is 377 g/mol. The second-order valence-corrected chi connectivity index (χ2v) is 6.89. The van der Waals surface area contributed by atoms with Crippen LogP contribution >= 0.6 is 0 Å². The molecule has 142 valence electrons. The third-order valence-corrected chi connectivity index (χ3v) is 4.71. The van der Waals surface area contributed by atoms with Gasteiger partial charge in [-0.15, -0.1) is 0 Å². The van der Waals surface area contributed by atoms with E-state index in [-0.39, 0.29) is 17.6 Å². The van der Waals surface area contributed by atoms with Crippen LogP contribution in [-0.4, -0.2) is 15.1 Å². The van der Waals surface area contributed by atoms with Crippen molar-refractivity contribution in [3.05, 3.63) is 71.5 Å². The van der Waals surface area contributed by atoms with Crippen molar-refractivity contribution in [2.24, 2.45) is 0 Å². The monoisotopic (exact) mass is 377 g/mol. The van der Waals surface area contributed by atoms with Crippen LogP contribution in [0.5, 0.6) is 5.75 Å². The number of nitrogens with one attached hydrogen (secondary N) is 1. The predicted octanol–water partition coefficient (Wildman–Crippen LogP) is 5.52. The number of fused-ring (bicyclic) bond motifs is 1.